The number of hydrogen-bond donors (Lipinski definition) is 2. The van der Waals surface area contributed by atoms with Crippen LogP contribution < -0.4 is 25.0 Å². The molecule has 2 aromatic rings. The summed E-state index contributed by atoms with van der Waals surface area (Å²) in [5.74, 6) is 1.75. The predicted molar refractivity (Wildman–Crippen MR) is 113 cm³/mol. The van der Waals surface area contributed by atoms with Crippen molar-refractivity contribution in [1.29, 1.82) is 0 Å². The summed E-state index contributed by atoms with van der Waals surface area (Å²) in [7, 11) is 0. The maximum atomic E-state index is 13.4. The molecule has 0 spiro atoms. The monoisotopic (exact) mass is 453 g/mol. The molecule has 1 saturated heterocycles. The van der Waals surface area contributed by atoms with Crippen LogP contribution in [0.4, 0.5) is 24.9 Å². The van der Waals surface area contributed by atoms with Crippen LogP contribution in [0.15, 0.2) is 24.3 Å². The van der Waals surface area contributed by atoms with Crippen LogP contribution in [0.3, 0.4) is 0 Å². The highest BCUT2D eigenvalue weighted by Crippen LogP contribution is 2.33. The molecule has 1 fully saturated rings. The average Bonchev–Trinajstić information content (AvgIpc) is 3.19. The Morgan fingerprint density at radius 3 is 2.81 bits per heavy atom. The van der Waals surface area contributed by atoms with E-state index in [-0.39, 0.29) is 23.7 Å². The van der Waals surface area contributed by atoms with Gasteiger partial charge < -0.3 is 25.0 Å². The Morgan fingerprint density at radius 1 is 1.23 bits per heavy atom. The molecule has 0 unspecified atom stereocenters. The number of aromatic nitrogens is 2. The number of thiocarbonyl (C=S) groups is 1. The number of benzene rings is 1. The van der Waals surface area contributed by atoms with Gasteiger partial charge in [-0.2, -0.15) is 18.2 Å². The van der Waals surface area contributed by atoms with Gasteiger partial charge in [0.1, 0.15) is 5.82 Å². The molecular formula is C20H22F3N5O2S. The highest BCUT2D eigenvalue weighted by atomic mass is 32.1. The van der Waals surface area contributed by atoms with E-state index in [2.05, 4.69) is 27.5 Å². The molecule has 0 saturated carbocycles. The molecule has 11 heteroatoms. The first-order chi connectivity index (χ1) is 14.8. The van der Waals surface area contributed by atoms with Crippen molar-refractivity contribution in [3.05, 3.63) is 35.5 Å². The summed E-state index contributed by atoms with van der Waals surface area (Å²) in [6.07, 6.45) is -2.63. The van der Waals surface area contributed by atoms with Crippen molar-refractivity contribution < 1.29 is 22.6 Å². The Balaban J connectivity index is 1.46. The van der Waals surface area contributed by atoms with Crippen LogP contribution in [0, 0.1) is 5.92 Å². The molecule has 0 radical (unpaired) electrons. The number of rotatable bonds is 4. The Labute approximate surface area is 183 Å². The molecule has 2 N–H and O–H groups in total. The highest BCUT2D eigenvalue weighted by Gasteiger charge is 2.34. The fraction of sp³-hybridized carbons (Fsp3) is 0.450. The molecule has 0 aliphatic carbocycles. The van der Waals surface area contributed by atoms with Gasteiger partial charge in [0.05, 0.1) is 0 Å². The fourth-order valence-corrected chi connectivity index (χ4v) is 3.74. The quantitative estimate of drug-likeness (QED) is 0.675. The lowest BCUT2D eigenvalue weighted by atomic mass is 10.0. The third-order valence-electron chi connectivity index (χ3n) is 5.10. The summed E-state index contributed by atoms with van der Waals surface area (Å²) in [5, 5.41) is 5.76. The van der Waals surface area contributed by atoms with E-state index in [9.17, 15) is 13.2 Å². The van der Waals surface area contributed by atoms with Gasteiger partial charge in [-0.15, -0.1) is 0 Å². The van der Waals surface area contributed by atoms with Crippen LogP contribution >= 0.6 is 12.2 Å². The van der Waals surface area contributed by atoms with Gasteiger partial charge in [-0.05, 0) is 48.7 Å². The van der Waals surface area contributed by atoms with Crippen molar-refractivity contribution in [1.82, 2.24) is 15.3 Å². The van der Waals surface area contributed by atoms with E-state index in [1.807, 2.05) is 17.0 Å². The van der Waals surface area contributed by atoms with Crippen molar-refractivity contribution in [3.8, 4) is 11.5 Å². The molecule has 2 aliphatic rings. The minimum absolute atomic E-state index is 0.120. The van der Waals surface area contributed by atoms with E-state index < -0.39 is 11.9 Å². The standard InChI is InChI=1S/C20H22F3N5O2S/c1-12-3-2-6-28(10-12)17-8-16(20(21,22)23)25-18(26-17)27-19(31)24-9-13-4-5-14-15(7-13)30-11-29-14/h4-5,7-8,12H,2-3,6,9-11H2,1H3,(H2,24,25,26,27,31)/t12-/m0/s1. The number of alkyl halides is 3. The second-order valence-corrected chi connectivity index (χ2v) is 8.03. The number of ether oxygens (including phenoxy) is 2. The van der Waals surface area contributed by atoms with Crippen LogP contribution in [0.25, 0.3) is 0 Å². The van der Waals surface area contributed by atoms with Gasteiger partial charge in [-0.25, -0.2) is 4.98 Å². The van der Waals surface area contributed by atoms with Gasteiger partial charge in [-0.3, -0.25) is 0 Å². The van der Waals surface area contributed by atoms with Gasteiger partial charge in [0, 0.05) is 25.7 Å². The maximum absolute atomic E-state index is 13.4. The number of nitrogens with one attached hydrogen (secondary N) is 2. The number of hydrogen-bond acceptors (Lipinski definition) is 6. The second-order valence-electron chi connectivity index (χ2n) is 7.62. The summed E-state index contributed by atoms with van der Waals surface area (Å²) in [5.41, 5.74) is -0.127. The highest BCUT2D eigenvalue weighted by molar-refractivity contribution is 7.80. The predicted octanol–water partition coefficient (Wildman–Crippen LogP) is 3.95. The summed E-state index contributed by atoms with van der Waals surface area (Å²) in [4.78, 5) is 9.77. The molecule has 4 rings (SSSR count). The van der Waals surface area contributed by atoms with E-state index in [4.69, 9.17) is 21.7 Å². The molecule has 1 aromatic heterocycles. The number of nitrogens with zero attached hydrogens (tertiary/aromatic N) is 3. The van der Waals surface area contributed by atoms with Crippen molar-refractivity contribution in [2.24, 2.45) is 5.92 Å². The molecule has 3 heterocycles. The molecule has 7 nitrogen and oxygen atoms in total. The molecule has 31 heavy (non-hydrogen) atoms. The normalized spacial score (nSPS) is 18.1. The smallest absolute Gasteiger partial charge is 0.433 e. The summed E-state index contributed by atoms with van der Waals surface area (Å²) in [6.45, 7) is 3.91. The zero-order valence-corrected chi connectivity index (χ0v) is 17.6. The minimum atomic E-state index is -4.59. The first-order valence-corrected chi connectivity index (χ1v) is 10.3. The van der Waals surface area contributed by atoms with Crippen molar-refractivity contribution in [2.75, 3.05) is 30.1 Å². The van der Waals surface area contributed by atoms with Crippen LogP contribution in [0.5, 0.6) is 11.5 Å². The van der Waals surface area contributed by atoms with Gasteiger partial charge >= 0.3 is 6.18 Å². The largest absolute Gasteiger partial charge is 0.454 e. The number of piperidine rings is 1. The van der Waals surface area contributed by atoms with Crippen LogP contribution in [0.2, 0.25) is 0 Å². The lowest BCUT2D eigenvalue weighted by Gasteiger charge is -2.32. The van der Waals surface area contributed by atoms with Gasteiger partial charge in [0.25, 0.3) is 0 Å². The van der Waals surface area contributed by atoms with Gasteiger partial charge in [0.15, 0.2) is 22.3 Å². The van der Waals surface area contributed by atoms with E-state index in [0.717, 1.165) is 24.5 Å². The molecule has 1 aromatic carbocycles. The zero-order valence-electron chi connectivity index (χ0n) is 16.8. The number of anilines is 2. The van der Waals surface area contributed by atoms with Crippen molar-refractivity contribution in [2.45, 2.75) is 32.5 Å². The zero-order chi connectivity index (χ0) is 22.0. The first kappa shape index (κ1) is 21.4. The van der Waals surface area contributed by atoms with E-state index >= 15 is 0 Å². The Bertz CT molecular complexity index is 972. The minimum Gasteiger partial charge on any atom is -0.454 e. The first-order valence-electron chi connectivity index (χ1n) is 9.92. The summed E-state index contributed by atoms with van der Waals surface area (Å²) < 4.78 is 50.8. The fourth-order valence-electron chi connectivity index (χ4n) is 3.57. The Morgan fingerprint density at radius 2 is 2.03 bits per heavy atom. The topological polar surface area (TPSA) is 71.5 Å². The lowest BCUT2D eigenvalue weighted by molar-refractivity contribution is -0.141. The van der Waals surface area contributed by atoms with Gasteiger partial charge in [-0.1, -0.05) is 13.0 Å². The third-order valence-corrected chi connectivity index (χ3v) is 5.35. The Kier molecular flexibility index (Phi) is 6.03. The molecule has 0 amide bonds. The maximum Gasteiger partial charge on any atom is 0.433 e. The van der Waals surface area contributed by atoms with Crippen LogP contribution in [-0.2, 0) is 12.7 Å². The molecular weight excluding hydrogens is 431 g/mol. The summed E-state index contributed by atoms with van der Waals surface area (Å²) in [6, 6.07) is 6.44. The van der Waals surface area contributed by atoms with Crippen molar-refractivity contribution in [3.63, 3.8) is 0 Å². The van der Waals surface area contributed by atoms with E-state index in [1.165, 1.54) is 0 Å². The molecule has 1 atom stereocenters. The lowest BCUT2D eigenvalue weighted by Crippen LogP contribution is -2.35. The number of fused-ring (bicyclic) bond motifs is 1. The van der Waals surface area contributed by atoms with Crippen LogP contribution in [-0.4, -0.2) is 35.0 Å². The molecule has 166 valence electrons. The van der Waals surface area contributed by atoms with Crippen LogP contribution in [0.1, 0.15) is 31.0 Å². The molecule has 2 aliphatic heterocycles. The van der Waals surface area contributed by atoms with Gasteiger partial charge in [0.2, 0.25) is 12.7 Å². The Hall–Kier alpha value is -2.82. The van der Waals surface area contributed by atoms with E-state index in [0.29, 0.717) is 37.1 Å². The van der Waals surface area contributed by atoms with E-state index in [1.54, 1.807) is 6.07 Å². The third kappa shape index (κ3) is 5.27. The average molecular weight is 453 g/mol. The number of halogens is 3. The van der Waals surface area contributed by atoms with Crippen molar-refractivity contribution >= 4 is 29.1 Å². The molecule has 0 bridgehead atoms. The second kappa shape index (κ2) is 8.74. The SMILES string of the molecule is C[C@H]1CCCN(c2cc(C(F)(F)F)nc(NC(=S)NCc3ccc4c(c3)OCO4)n2)C1. The summed E-state index contributed by atoms with van der Waals surface area (Å²) >= 11 is 5.24.